The van der Waals surface area contributed by atoms with Crippen molar-refractivity contribution < 1.29 is 22.3 Å². The summed E-state index contributed by atoms with van der Waals surface area (Å²) in [6.07, 6.45) is 7.35. The first-order valence-corrected chi connectivity index (χ1v) is 14.9. The second-order valence-corrected chi connectivity index (χ2v) is 12.5. The Labute approximate surface area is 221 Å². The Morgan fingerprint density at radius 1 is 1.16 bits per heavy atom. The average molecular weight is 527 g/mol. The van der Waals surface area contributed by atoms with E-state index in [0.29, 0.717) is 36.0 Å². The van der Waals surface area contributed by atoms with Crippen molar-refractivity contribution in [3.8, 4) is 16.9 Å². The first-order valence-electron chi connectivity index (χ1n) is 12.8. The summed E-state index contributed by atoms with van der Waals surface area (Å²) in [7, 11) is -3.00. The fourth-order valence-corrected chi connectivity index (χ4v) is 5.69. The maximum absolute atomic E-state index is 14.9. The van der Waals surface area contributed by atoms with E-state index < -0.39 is 15.9 Å². The lowest BCUT2D eigenvalue weighted by Crippen LogP contribution is -2.08. The molecule has 2 aromatic carbocycles. The van der Waals surface area contributed by atoms with Crippen molar-refractivity contribution in [1.29, 1.82) is 0 Å². The van der Waals surface area contributed by atoms with Crippen molar-refractivity contribution in [3.63, 3.8) is 0 Å². The molecule has 2 atom stereocenters. The highest BCUT2D eigenvalue weighted by molar-refractivity contribution is 7.90. The topological polar surface area (TPSA) is 52.6 Å². The first kappa shape index (κ1) is 28.7. The molecule has 0 N–H and O–H groups in total. The summed E-state index contributed by atoms with van der Waals surface area (Å²) in [5.74, 6) is 1.61. The van der Waals surface area contributed by atoms with Crippen molar-refractivity contribution in [3.05, 3.63) is 88.5 Å². The molecule has 37 heavy (non-hydrogen) atoms. The van der Waals surface area contributed by atoms with E-state index in [1.165, 1.54) is 23.5 Å². The second kappa shape index (κ2) is 12.1. The van der Waals surface area contributed by atoms with E-state index in [2.05, 4.69) is 26.5 Å². The van der Waals surface area contributed by atoms with Crippen LogP contribution in [0.2, 0.25) is 0 Å². The lowest BCUT2D eigenvalue weighted by Gasteiger charge is -2.19. The number of allylic oxidation sites excluding steroid dienone is 4. The van der Waals surface area contributed by atoms with Crippen LogP contribution in [0.25, 0.3) is 11.1 Å². The van der Waals surface area contributed by atoms with E-state index in [1.54, 1.807) is 6.07 Å². The Balaban J connectivity index is 1.77. The van der Waals surface area contributed by atoms with Gasteiger partial charge in [0.25, 0.3) is 0 Å². The number of sulfone groups is 1. The minimum atomic E-state index is -3.00. The Morgan fingerprint density at radius 3 is 2.43 bits per heavy atom. The molecule has 2 aromatic rings. The minimum absolute atomic E-state index is 0.0980. The number of hydrogen-bond acceptors (Lipinski definition) is 4. The fourth-order valence-electron chi connectivity index (χ4n) is 5.04. The van der Waals surface area contributed by atoms with E-state index >= 15 is 0 Å². The van der Waals surface area contributed by atoms with Gasteiger partial charge >= 0.3 is 0 Å². The Hall–Kier alpha value is -2.86. The van der Waals surface area contributed by atoms with Crippen LogP contribution in [0, 0.1) is 25.6 Å². The second-order valence-electron chi connectivity index (χ2n) is 10.2. The summed E-state index contributed by atoms with van der Waals surface area (Å²) in [5, 5.41) is 0. The van der Waals surface area contributed by atoms with Crippen LogP contribution in [0.4, 0.5) is 4.39 Å². The molecule has 0 aromatic heterocycles. The van der Waals surface area contributed by atoms with Gasteiger partial charge in [0.2, 0.25) is 0 Å². The molecule has 0 aliphatic heterocycles. The number of aryl methyl sites for hydroxylation is 2. The van der Waals surface area contributed by atoms with Crippen LogP contribution in [0.1, 0.15) is 62.8 Å². The normalized spacial score (nSPS) is 18.8. The quantitative estimate of drug-likeness (QED) is 0.234. The third kappa shape index (κ3) is 7.81. The maximum atomic E-state index is 14.9. The number of ether oxygens (including phenoxy) is 2. The lowest BCUT2D eigenvalue weighted by atomic mass is 9.93. The predicted molar refractivity (Wildman–Crippen MR) is 150 cm³/mol. The molecule has 2 unspecified atom stereocenters. The van der Waals surface area contributed by atoms with E-state index in [1.807, 2.05) is 45.0 Å². The minimum Gasteiger partial charge on any atom is -0.494 e. The Kier molecular flexibility index (Phi) is 9.41. The van der Waals surface area contributed by atoms with Gasteiger partial charge in [-0.3, -0.25) is 0 Å². The molecule has 0 heterocycles. The molecule has 3 rings (SSSR count). The van der Waals surface area contributed by atoms with Crippen LogP contribution in [-0.4, -0.2) is 27.0 Å². The highest BCUT2D eigenvalue weighted by Crippen LogP contribution is 2.37. The molecular weight excluding hydrogens is 487 g/mol. The molecule has 200 valence electrons. The van der Waals surface area contributed by atoms with Gasteiger partial charge in [0.1, 0.15) is 33.3 Å². The Bertz CT molecular complexity index is 1300. The van der Waals surface area contributed by atoms with Gasteiger partial charge in [-0.15, -0.1) is 0 Å². The molecule has 0 saturated heterocycles. The van der Waals surface area contributed by atoms with Crippen LogP contribution in [0.5, 0.6) is 5.75 Å². The van der Waals surface area contributed by atoms with Gasteiger partial charge in [-0.25, -0.2) is 12.8 Å². The molecule has 0 spiro atoms. The van der Waals surface area contributed by atoms with E-state index in [0.717, 1.165) is 35.1 Å². The third-order valence-electron chi connectivity index (χ3n) is 6.72. The molecular formula is C31H39FO4S. The van der Waals surface area contributed by atoms with Gasteiger partial charge in [0.15, 0.2) is 0 Å². The summed E-state index contributed by atoms with van der Waals surface area (Å²) >= 11 is 0. The zero-order valence-corrected chi connectivity index (χ0v) is 23.7. The molecule has 0 bridgehead atoms. The number of rotatable bonds is 10. The highest BCUT2D eigenvalue weighted by atomic mass is 32.2. The largest absolute Gasteiger partial charge is 0.494 e. The predicted octanol–water partition coefficient (Wildman–Crippen LogP) is 7.82. The van der Waals surface area contributed by atoms with Gasteiger partial charge in [-0.1, -0.05) is 25.6 Å². The zero-order chi connectivity index (χ0) is 27.3. The van der Waals surface area contributed by atoms with Crippen LogP contribution < -0.4 is 4.74 Å². The van der Waals surface area contributed by atoms with Crippen molar-refractivity contribution in [1.82, 2.24) is 0 Å². The molecule has 1 aliphatic rings. The third-order valence-corrected chi connectivity index (χ3v) is 7.75. The first-order chi connectivity index (χ1) is 17.4. The van der Waals surface area contributed by atoms with E-state index in [4.69, 9.17) is 9.47 Å². The Morgan fingerprint density at radius 2 is 1.81 bits per heavy atom. The zero-order valence-electron chi connectivity index (χ0n) is 22.9. The maximum Gasteiger partial charge on any atom is 0.147 e. The smallest absolute Gasteiger partial charge is 0.147 e. The summed E-state index contributed by atoms with van der Waals surface area (Å²) in [5.41, 5.74) is 6.94. The molecule has 6 heteroatoms. The molecule has 1 saturated carbocycles. The van der Waals surface area contributed by atoms with Gasteiger partial charge < -0.3 is 9.47 Å². The average Bonchev–Trinajstić information content (AvgIpc) is 3.15. The number of halogens is 1. The van der Waals surface area contributed by atoms with E-state index in [-0.39, 0.29) is 11.6 Å². The monoisotopic (exact) mass is 526 g/mol. The van der Waals surface area contributed by atoms with Gasteiger partial charge in [0, 0.05) is 11.8 Å². The van der Waals surface area contributed by atoms with Crippen LogP contribution in [0.15, 0.2) is 66.0 Å². The molecule has 1 aliphatic carbocycles. The van der Waals surface area contributed by atoms with Crippen molar-refractivity contribution in [2.45, 2.75) is 60.0 Å². The number of benzene rings is 2. The summed E-state index contributed by atoms with van der Waals surface area (Å²) in [6, 6.07) is 8.97. The van der Waals surface area contributed by atoms with Crippen LogP contribution in [-0.2, 0) is 14.6 Å². The van der Waals surface area contributed by atoms with E-state index in [9.17, 15) is 12.8 Å². The standard InChI is InChI=1S/C31H39FO4S/c1-8-25-14-20(2)15-27(25)18-23(5)36-24(6)29-19-26(10-11-30(29)32)31-21(3)16-28(17-22(31)4)35-12-9-13-37(7,33)34/h8,10-11,16-20,24H,5,9,12-15H2,1-4,6-7H3/b25-8-,27-18-. The number of hydrogen-bond donors (Lipinski definition) is 0. The highest BCUT2D eigenvalue weighted by Gasteiger charge is 2.21. The summed E-state index contributed by atoms with van der Waals surface area (Å²) < 4.78 is 49.4. The fraction of sp³-hybridized carbons (Fsp3) is 0.419. The van der Waals surface area contributed by atoms with Gasteiger partial charge in [-0.2, -0.15) is 0 Å². The van der Waals surface area contributed by atoms with Crippen molar-refractivity contribution in [2.75, 3.05) is 18.6 Å². The molecule has 4 nitrogen and oxygen atoms in total. The van der Waals surface area contributed by atoms with Gasteiger partial charge in [0.05, 0.1) is 12.4 Å². The van der Waals surface area contributed by atoms with Gasteiger partial charge in [-0.05, 0) is 117 Å². The summed E-state index contributed by atoms with van der Waals surface area (Å²) in [4.78, 5) is 0. The van der Waals surface area contributed by atoms with Crippen molar-refractivity contribution in [2.24, 2.45) is 5.92 Å². The molecule has 0 radical (unpaired) electrons. The molecule has 0 amide bonds. The van der Waals surface area contributed by atoms with Crippen LogP contribution in [0.3, 0.4) is 0 Å². The summed E-state index contributed by atoms with van der Waals surface area (Å²) in [6.45, 7) is 14.5. The SMILES string of the molecule is C=C(/C=C1/CC(C)C/C1=C/C)OC(C)c1cc(-c2c(C)cc(OCCCS(C)(=O)=O)cc2C)ccc1F. The molecule has 1 fully saturated rings. The van der Waals surface area contributed by atoms with Crippen LogP contribution >= 0.6 is 0 Å². The van der Waals surface area contributed by atoms with Crippen molar-refractivity contribution >= 4 is 9.84 Å². The lowest BCUT2D eigenvalue weighted by molar-refractivity contribution is 0.140.